The summed E-state index contributed by atoms with van der Waals surface area (Å²) in [5.74, 6) is 1.36. The van der Waals surface area contributed by atoms with Crippen LogP contribution in [0.4, 0.5) is 16.5 Å². The average Bonchev–Trinajstić information content (AvgIpc) is 2.90. The van der Waals surface area contributed by atoms with Crippen molar-refractivity contribution in [3.63, 3.8) is 0 Å². The Morgan fingerprint density at radius 2 is 2.00 bits per heavy atom. The summed E-state index contributed by atoms with van der Waals surface area (Å²) in [6, 6.07) is 7.47. The van der Waals surface area contributed by atoms with Gasteiger partial charge in [-0.1, -0.05) is 0 Å². The molecule has 22 heavy (non-hydrogen) atoms. The fourth-order valence-electron chi connectivity index (χ4n) is 2.07. The van der Waals surface area contributed by atoms with Crippen molar-refractivity contribution < 1.29 is 14.6 Å². The van der Waals surface area contributed by atoms with E-state index < -0.39 is 0 Å². The third-order valence-corrected chi connectivity index (χ3v) is 4.04. The van der Waals surface area contributed by atoms with E-state index in [4.69, 9.17) is 9.47 Å². The Hall–Kier alpha value is -2.03. The zero-order chi connectivity index (χ0) is 15.4. The number of nitrogens with one attached hydrogen (secondary N) is 2. The van der Waals surface area contributed by atoms with Crippen molar-refractivity contribution in [2.45, 2.75) is 0 Å². The summed E-state index contributed by atoms with van der Waals surface area (Å²) in [5.41, 5.74) is 3.98. The predicted octanol–water partition coefficient (Wildman–Crippen LogP) is 2.26. The summed E-state index contributed by atoms with van der Waals surface area (Å²) in [6.45, 7) is 2.88. The number of rotatable bonds is 5. The van der Waals surface area contributed by atoms with Gasteiger partial charge in [-0.15, -0.1) is 0 Å². The molecular formula is C14H18N4O3S. The number of anilines is 3. The van der Waals surface area contributed by atoms with Gasteiger partial charge in [0.2, 0.25) is 0 Å². The number of morpholine rings is 1. The summed E-state index contributed by atoms with van der Waals surface area (Å²) < 4.78 is 14.7. The van der Waals surface area contributed by atoms with Crippen LogP contribution in [0.2, 0.25) is 0 Å². The fourth-order valence-corrected chi connectivity index (χ4v) is 2.73. The van der Waals surface area contributed by atoms with E-state index in [2.05, 4.69) is 15.1 Å². The molecule has 1 aromatic carbocycles. The Balaban J connectivity index is 1.66. The van der Waals surface area contributed by atoms with E-state index in [1.807, 2.05) is 29.3 Å². The molecule has 8 heteroatoms. The molecule has 0 aliphatic carbocycles. The summed E-state index contributed by atoms with van der Waals surface area (Å²) in [5, 5.41) is 16.0. The van der Waals surface area contributed by atoms with Crippen molar-refractivity contribution in [1.29, 1.82) is 0 Å². The van der Waals surface area contributed by atoms with Gasteiger partial charge >= 0.3 is 0 Å². The van der Waals surface area contributed by atoms with Crippen LogP contribution in [-0.2, 0) is 4.74 Å². The van der Waals surface area contributed by atoms with Gasteiger partial charge in [-0.25, -0.2) is 5.01 Å². The van der Waals surface area contributed by atoms with E-state index in [9.17, 15) is 5.11 Å². The largest absolute Gasteiger partial charge is 0.502 e. The van der Waals surface area contributed by atoms with E-state index in [-0.39, 0.29) is 5.75 Å². The monoisotopic (exact) mass is 322 g/mol. The van der Waals surface area contributed by atoms with Crippen LogP contribution in [0, 0.1) is 0 Å². The van der Waals surface area contributed by atoms with E-state index in [0.29, 0.717) is 24.0 Å². The molecule has 0 unspecified atom stereocenters. The van der Waals surface area contributed by atoms with E-state index in [1.54, 1.807) is 7.11 Å². The molecule has 1 aliphatic rings. The third-order valence-electron chi connectivity index (χ3n) is 3.29. The highest BCUT2D eigenvalue weighted by Gasteiger charge is 2.17. The Labute approximate surface area is 132 Å². The fraction of sp³-hybridized carbons (Fsp3) is 0.357. The third kappa shape index (κ3) is 3.41. The minimum absolute atomic E-state index is 0.118. The Kier molecular flexibility index (Phi) is 4.62. The maximum atomic E-state index is 10.3. The molecule has 0 saturated carbocycles. The number of hydrogen-bond donors (Lipinski definition) is 3. The molecule has 0 spiro atoms. The number of hydrazine groups is 1. The van der Waals surface area contributed by atoms with Gasteiger partial charge in [-0.2, -0.15) is 4.37 Å². The second-order valence-corrected chi connectivity index (χ2v) is 5.55. The quantitative estimate of drug-likeness (QED) is 0.779. The molecule has 1 aliphatic heterocycles. The molecule has 2 aromatic rings. The van der Waals surface area contributed by atoms with Gasteiger partial charge in [0.1, 0.15) is 5.75 Å². The average molecular weight is 322 g/mol. The minimum atomic E-state index is 0.118. The van der Waals surface area contributed by atoms with E-state index >= 15 is 0 Å². The summed E-state index contributed by atoms with van der Waals surface area (Å²) >= 11 is 1.21. The van der Waals surface area contributed by atoms with Crippen molar-refractivity contribution in [2.75, 3.05) is 44.2 Å². The Morgan fingerprint density at radius 1 is 1.27 bits per heavy atom. The normalized spacial score (nSPS) is 15.5. The van der Waals surface area contributed by atoms with Crippen molar-refractivity contribution >= 4 is 28.0 Å². The standard InChI is InChI=1S/C14H18N4O3S/c1-20-11-4-2-10(3-5-11)15-14-12(19)13(17-22-14)16-18-6-8-21-9-7-18/h2-5,15,19H,6-9H2,1H3,(H,16,17). The van der Waals surface area contributed by atoms with Crippen LogP contribution in [0.5, 0.6) is 11.5 Å². The maximum absolute atomic E-state index is 10.3. The molecule has 3 N–H and O–H groups in total. The first-order valence-corrected chi connectivity index (χ1v) is 7.72. The molecule has 0 amide bonds. The number of ether oxygens (including phenoxy) is 2. The maximum Gasteiger partial charge on any atom is 0.198 e. The SMILES string of the molecule is COc1ccc(Nc2snc(NN3CCOCC3)c2O)cc1. The molecule has 1 saturated heterocycles. The van der Waals surface area contributed by atoms with Crippen molar-refractivity contribution in [2.24, 2.45) is 0 Å². The smallest absolute Gasteiger partial charge is 0.198 e. The molecule has 1 fully saturated rings. The Bertz CT molecular complexity index is 611. The Morgan fingerprint density at radius 3 is 2.68 bits per heavy atom. The van der Waals surface area contributed by atoms with Crippen molar-refractivity contribution in [3.8, 4) is 11.5 Å². The van der Waals surface area contributed by atoms with Crippen LogP contribution in [0.25, 0.3) is 0 Å². The molecule has 7 nitrogen and oxygen atoms in total. The number of nitrogens with zero attached hydrogens (tertiary/aromatic N) is 2. The molecule has 3 rings (SSSR count). The van der Waals surface area contributed by atoms with Gasteiger partial charge < -0.3 is 19.9 Å². The number of aromatic hydroxyl groups is 1. The number of aromatic nitrogens is 1. The van der Waals surface area contributed by atoms with E-state index in [1.165, 1.54) is 11.5 Å². The lowest BCUT2D eigenvalue weighted by Gasteiger charge is -2.26. The van der Waals surface area contributed by atoms with Crippen LogP contribution in [0.3, 0.4) is 0 Å². The number of benzene rings is 1. The first-order valence-electron chi connectivity index (χ1n) is 6.95. The summed E-state index contributed by atoms with van der Waals surface area (Å²) in [4.78, 5) is 0. The van der Waals surface area contributed by atoms with Crippen LogP contribution in [-0.4, -0.2) is 47.9 Å². The molecular weight excluding hydrogens is 304 g/mol. The minimum Gasteiger partial charge on any atom is -0.502 e. The summed E-state index contributed by atoms with van der Waals surface area (Å²) in [6.07, 6.45) is 0. The molecule has 1 aromatic heterocycles. The zero-order valence-corrected chi connectivity index (χ0v) is 13.0. The zero-order valence-electron chi connectivity index (χ0n) is 12.2. The van der Waals surface area contributed by atoms with Gasteiger partial charge in [-0.05, 0) is 35.8 Å². The highest BCUT2D eigenvalue weighted by molar-refractivity contribution is 7.11. The van der Waals surface area contributed by atoms with Crippen LogP contribution < -0.4 is 15.5 Å². The van der Waals surface area contributed by atoms with Crippen LogP contribution in [0.15, 0.2) is 24.3 Å². The first kappa shape index (κ1) is 14.9. The molecule has 0 bridgehead atoms. The molecule has 2 heterocycles. The van der Waals surface area contributed by atoms with Gasteiger partial charge in [0, 0.05) is 18.8 Å². The van der Waals surface area contributed by atoms with Crippen LogP contribution in [0.1, 0.15) is 0 Å². The predicted molar refractivity (Wildman–Crippen MR) is 86.1 cm³/mol. The topological polar surface area (TPSA) is 78.9 Å². The van der Waals surface area contributed by atoms with Crippen molar-refractivity contribution in [3.05, 3.63) is 24.3 Å². The molecule has 0 radical (unpaired) electrons. The second kappa shape index (κ2) is 6.82. The molecule has 118 valence electrons. The lowest BCUT2D eigenvalue weighted by Crippen LogP contribution is -2.40. The lowest BCUT2D eigenvalue weighted by atomic mass is 10.3. The summed E-state index contributed by atoms with van der Waals surface area (Å²) in [7, 11) is 1.63. The molecule has 0 atom stereocenters. The first-order chi connectivity index (χ1) is 10.8. The van der Waals surface area contributed by atoms with E-state index in [0.717, 1.165) is 24.5 Å². The number of hydrogen-bond acceptors (Lipinski definition) is 8. The highest BCUT2D eigenvalue weighted by Crippen LogP contribution is 2.38. The van der Waals surface area contributed by atoms with Gasteiger partial charge in [0.05, 0.1) is 20.3 Å². The van der Waals surface area contributed by atoms with Gasteiger partial charge in [0.15, 0.2) is 16.6 Å². The van der Waals surface area contributed by atoms with Gasteiger partial charge in [-0.3, -0.25) is 5.43 Å². The highest BCUT2D eigenvalue weighted by atomic mass is 32.1. The van der Waals surface area contributed by atoms with Gasteiger partial charge in [0.25, 0.3) is 0 Å². The van der Waals surface area contributed by atoms with Crippen LogP contribution >= 0.6 is 11.5 Å². The lowest BCUT2D eigenvalue weighted by molar-refractivity contribution is 0.0494. The van der Waals surface area contributed by atoms with Crippen molar-refractivity contribution in [1.82, 2.24) is 9.38 Å². The number of methoxy groups -OCH3 is 1. The second-order valence-electron chi connectivity index (χ2n) is 4.77.